The van der Waals surface area contributed by atoms with Gasteiger partial charge in [0, 0.05) is 23.1 Å². The molecule has 1 atom stereocenters. The van der Waals surface area contributed by atoms with Crippen molar-refractivity contribution < 1.29 is 8.81 Å². The van der Waals surface area contributed by atoms with Gasteiger partial charge in [-0.15, -0.1) is 0 Å². The zero-order valence-corrected chi connectivity index (χ0v) is 21.8. The third-order valence-corrected chi connectivity index (χ3v) is 8.25. The van der Waals surface area contributed by atoms with E-state index in [1.54, 1.807) is 6.07 Å². The van der Waals surface area contributed by atoms with Crippen LogP contribution in [0.5, 0.6) is 0 Å². The van der Waals surface area contributed by atoms with Crippen LogP contribution in [0, 0.1) is 11.7 Å². The second-order valence-corrected chi connectivity index (χ2v) is 10.7. The maximum absolute atomic E-state index is 14.8. The lowest BCUT2D eigenvalue weighted by molar-refractivity contribution is 0.614. The van der Waals surface area contributed by atoms with Crippen LogP contribution in [-0.2, 0) is 6.42 Å². The first-order valence-electron chi connectivity index (χ1n) is 13.7. The lowest BCUT2D eigenvalue weighted by atomic mass is 9.86. The van der Waals surface area contributed by atoms with Crippen LogP contribution in [0.1, 0.15) is 33.4 Å². The zero-order valence-electron chi connectivity index (χ0n) is 21.8. The largest absolute Gasteiger partial charge is 0.456 e. The summed E-state index contributed by atoms with van der Waals surface area (Å²) >= 11 is 0. The zero-order chi connectivity index (χ0) is 26.8. The molecule has 40 heavy (non-hydrogen) atoms. The van der Waals surface area contributed by atoms with Crippen LogP contribution in [0.4, 0.5) is 4.39 Å². The minimum Gasteiger partial charge on any atom is -0.456 e. The maximum Gasteiger partial charge on any atom is 0.136 e. The van der Waals surface area contributed by atoms with Crippen molar-refractivity contribution in [2.75, 3.05) is 0 Å². The first-order valence-corrected chi connectivity index (χ1v) is 13.7. The van der Waals surface area contributed by atoms with Gasteiger partial charge in [0.2, 0.25) is 0 Å². The highest BCUT2D eigenvalue weighted by atomic mass is 19.1. The average molecular weight is 517 g/mol. The van der Waals surface area contributed by atoms with Crippen LogP contribution in [0.25, 0.3) is 45.7 Å². The first kappa shape index (κ1) is 23.0. The average Bonchev–Trinajstić information content (AvgIpc) is 3.69. The topological polar surface area (TPSA) is 13.1 Å². The van der Waals surface area contributed by atoms with Gasteiger partial charge in [-0.2, -0.15) is 0 Å². The molecule has 0 amide bonds. The Labute approximate surface area is 231 Å². The fourth-order valence-corrected chi connectivity index (χ4v) is 6.23. The summed E-state index contributed by atoms with van der Waals surface area (Å²) < 4.78 is 21.3. The van der Waals surface area contributed by atoms with E-state index in [1.165, 1.54) is 22.8 Å². The lowest BCUT2D eigenvalue weighted by Gasteiger charge is -2.16. The number of rotatable bonds is 4. The monoisotopic (exact) mass is 516 g/mol. The molecule has 0 bridgehead atoms. The second kappa shape index (κ2) is 8.79. The van der Waals surface area contributed by atoms with Gasteiger partial charge in [0.1, 0.15) is 17.0 Å². The number of benzene rings is 5. The smallest absolute Gasteiger partial charge is 0.136 e. The number of hydrogen-bond donors (Lipinski definition) is 0. The molecule has 0 saturated carbocycles. The molecule has 2 heteroatoms. The van der Waals surface area contributed by atoms with E-state index in [-0.39, 0.29) is 5.82 Å². The molecule has 1 unspecified atom stereocenters. The molecule has 190 valence electrons. The molecule has 5 aromatic carbocycles. The normalized spacial score (nSPS) is 16.0. The van der Waals surface area contributed by atoms with E-state index in [1.807, 2.05) is 36.4 Å². The second-order valence-electron chi connectivity index (χ2n) is 10.7. The number of allylic oxidation sites excluding steroid dienone is 3. The molecule has 0 spiro atoms. The van der Waals surface area contributed by atoms with Crippen molar-refractivity contribution in [1.29, 1.82) is 0 Å². The summed E-state index contributed by atoms with van der Waals surface area (Å²) in [4.78, 5) is 0. The summed E-state index contributed by atoms with van der Waals surface area (Å²) in [6, 6.07) is 34.4. The van der Waals surface area contributed by atoms with Crippen LogP contribution >= 0.6 is 0 Å². The van der Waals surface area contributed by atoms with Gasteiger partial charge in [0.05, 0.1) is 0 Å². The van der Waals surface area contributed by atoms with Crippen LogP contribution in [0.15, 0.2) is 120 Å². The van der Waals surface area contributed by atoms with Gasteiger partial charge in [0.25, 0.3) is 0 Å². The van der Waals surface area contributed by atoms with Gasteiger partial charge in [-0.05, 0) is 79.2 Å². The summed E-state index contributed by atoms with van der Waals surface area (Å²) in [5, 5.41) is 4.19. The molecule has 6 aromatic rings. The first-order chi connectivity index (χ1) is 19.7. The highest BCUT2D eigenvalue weighted by molar-refractivity contribution is 6.13. The minimum atomic E-state index is -0.189. The number of furan rings is 1. The van der Waals surface area contributed by atoms with Crippen molar-refractivity contribution in [2.45, 2.75) is 6.42 Å². The Hall–Kier alpha value is -4.95. The van der Waals surface area contributed by atoms with Crippen molar-refractivity contribution in [3.8, 4) is 0 Å². The Kier molecular flexibility index (Phi) is 5.05. The van der Waals surface area contributed by atoms with E-state index in [9.17, 15) is 4.39 Å². The molecule has 8 rings (SSSR count). The highest BCUT2D eigenvalue weighted by Crippen LogP contribution is 2.47. The molecule has 0 N–H and O–H groups in total. The molecular weight excluding hydrogens is 491 g/mol. The summed E-state index contributed by atoms with van der Waals surface area (Å²) in [7, 11) is 0. The van der Waals surface area contributed by atoms with E-state index in [4.69, 9.17) is 4.42 Å². The number of fused-ring (bicyclic) bond motifs is 6. The standard InChI is InChI=1S/C38H25FO/c1-23-9-2-5-12-28(23)37(29-13-6-3-10-24(29)19-27-11-4-7-15-34(27)39)30-14-8-16-35-38(30)33-22-32-26(21-36(33)40-35)18-17-25-20-31(25)32/h2-18,20-22,25H,1,19H2/b37-28+. The van der Waals surface area contributed by atoms with Crippen molar-refractivity contribution in [2.24, 2.45) is 5.92 Å². The molecule has 1 heterocycles. The molecule has 0 saturated heterocycles. The van der Waals surface area contributed by atoms with E-state index in [0.29, 0.717) is 17.9 Å². The quantitative estimate of drug-likeness (QED) is 0.231. The highest BCUT2D eigenvalue weighted by Gasteiger charge is 2.29. The number of halogens is 1. The van der Waals surface area contributed by atoms with Gasteiger partial charge < -0.3 is 4.42 Å². The van der Waals surface area contributed by atoms with Gasteiger partial charge in [-0.25, -0.2) is 4.39 Å². The van der Waals surface area contributed by atoms with Crippen molar-refractivity contribution in [3.63, 3.8) is 0 Å². The van der Waals surface area contributed by atoms with Crippen LogP contribution < -0.4 is 10.4 Å². The predicted octanol–water partition coefficient (Wildman–Crippen LogP) is 8.01. The lowest BCUT2D eigenvalue weighted by Crippen LogP contribution is -2.26. The van der Waals surface area contributed by atoms with E-state index in [0.717, 1.165) is 54.6 Å². The summed E-state index contributed by atoms with van der Waals surface area (Å²) in [5.41, 5.74) is 10.6. The summed E-state index contributed by atoms with van der Waals surface area (Å²) in [6.07, 6.45) is 7.26. The maximum atomic E-state index is 14.8. The molecular formula is C38H25FO. The Bertz CT molecular complexity index is 2180. The third kappa shape index (κ3) is 3.60. The molecule has 1 nitrogen and oxygen atoms in total. The Morgan fingerprint density at radius 2 is 1.55 bits per heavy atom. The van der Waals surface area contributed by atoms with Crippen molar-refractivity contribution >= 4 is 45.7 Å². The minimum absolute atomic E-state index is 0.189. The Morgan fingerprint density at radius 1 is 0.775 bits per heavy atom. The molecule has 0 fully saturated rings. The Morgan fingerprint density at radius 3 is 2.42 bits per heavy atom. The van der Waals surface area contributed by atoms with Crippen LogP contribution in [-0.4, -0.2) is 0 Å². The molecule has 1 aromatic heterocycles. The van der Waals surface area contributed by atoms with Gasteiger partial charge in [-0.1, -0.05) is 104 Å². The van der Waals surface area contributed by atoms with Crippen molar-refractivity contribution in [3.05, 3.63) is 165 Å². The Balaban J connectivity index is 1.44. The SMILES string of the molecule is C=c1cccc/c1=C(/c1ccccc1Cc1ccccc1F)c1cccc2oc3cc4c(cc3c12)C1=CC1C=C4. The molecule has 2 aliphatic carbocycles. The molecule has 0 aliphatic heterocycles. The van der Waals surface area contributed by atoms with Gasteiger partial charge >= 0.3 is 0 Å². The summed E-state index contributed by atoms with van der Waals surface area (Å²) in [6.45, 7) is 4.40. The van der Waals surface area contributed by atoms with Gasteiger partial charge in [0.15, 0.2) is 0 Å². The summed E-state index contributed by atoms with van der Waals surface area (Å²) in [5.74, 6) is 0.277. The fraction of sp³-hybridized carbons (Fsp3) is 0.0526. The fourth-order valence-electron chi connectivity index (χ4n) is 6.23. The molecule has 2 aliphatic rings. The number of hydrogen-bond acceptors (Lipinski definition) is 1. The van der Waals surface area contributed by atoms with E-state index >= 15 is 0 Å². The third-order valence-electron chi connectivity index (χ3n) is 8.25. The van der Waals surface area contributed by atoms with E-state index < -0.39 is 0 Å². The van der Waals surface area contributed by atoms with Crippen LogP contribution in [0.3, 0.4) is 0 Å². The predicted molar refractivity (Wildman–Crippen MR) is 163 cm³/mol. The molecule has 0 radical (unpaired) electrons. The van der Waals surface area contributed by atoms with Crippen molar-refractivity contribution in [1.82, 2.24) is 0 Å². The van der Waals surface area contributed by atoms with Gasteiger partial charge in [-0.3, -0.25) is 0 Å². The van der Waals surface area contributed by atoms with E-state index in [2.05, 4.69) is 79.4 Å². The van der Waals surface area contributed by atoms with Crippen LogP contribution in [0.2, 0.25) is 0 Å².